The summed E-state index contributed by atoms with van der Waals surface area (Å²) >= 11 is 0. The Morgan fingerprint density at radius 3 is 0.896 bits per heavy atom. The summed E-state index contributed by atoms with van der Waals surface area (Å²) in [5.41, 5.74) is -1.79. The molecule has 0 aliphatic carbocycles. The maximum absolute atomic E-state index is 14.4. The van der Waals surface area contributed by atoms with Crippen LogP contribution in [0.1, 0.15) is 39.5 Å². The van der Waals surface area contributed by atoms with Crippen molar-refractivity contribution in [3.05, 3.63) is 95.1 Å². The summed E-state index contributed by atoms with van der Waals surface area (Å²) in [6, 6.07) is 11.1. The summed E-state index contributed by atoms with van der Waals surface area (Å²) in [6.45, 7) is 3.33. The fraction of sp³-hybridized carbons (Fsp3) is 0.250. The van der Waals surface area contributed by atoms with E-state index in [1.807, 2.05) is 0 Å². The van der Waals surface area contributed by atoms with Gasteiger partial charge in [-0.15, -0.1) is 10.2 Å². The molecule has 0 spiro atoms. The standard InChI is InChI=1S/C32H26F8N6O2/c1-3-5-15-47-31-25(37)21(33)29(22(34)26(31)38)45-43-19-11-7-17(8-12-19)41-42-18-9-13-20(14-10-18)44-46-30-23(35)27(39)32(28(40)24(30)36)48-16-6-4-2/h7-14H,3-6,15-16H2,1-2H3. The molecule has 0 amide bonds. The second kappa shape index (κ2) is 16.5. The molecule has 0 aliphatic heterocycles. The van der Waals surface area contributed by atoms with Gasteiger partial charge in [-0.25, -0.2) is 17.6 Å². The zero-order valence-electron chi connectivity index (χ0n) is 25.4. The van der Waals surface area contributed by atoms with Crippen LogP contribution in [0.5, 0.6) is 11.5 Å². The second-order valence-electron chi connectivity index (χ2n) is 9.90. The molecule has 0 unspecified atom stereocenters. The summed E-state index contributed by atoms with van der Waals surface area (Å²) in [7, 11) is 0. The zero-order chi connectivity index (χ0) is 34.8. The Hall–Kier alpha value is -5.28. The van der Waals surface area contributed by atoms with E-state index in [2.05, 4.69) is 30.7 Å². The first-order chi connectivity index (χ1) is 23.1. The predicted molar refractivity (Wildman–Crippen MR) is 159 cm³/mol. The number of hydrogen-bond donors (Lipinski definition) is 0. The number of ether oxygens (including phenoxy) is 2. The van der Waals surface area contributed by atoms with Gasteiger partial charge in [0.25, 0.3) is 0 Å². The Morgan fingerprint density at radius 2 is 0.646 bits per heavy atom. The molecule has 0 N–H and O–H groups in total. The highest BCUT2D eigenvalue weighted by Gasteiger charge is 2.28. The van der Waals surface area contributed by atoms with Gasteiger partial charge in [-0.05, 0) is 61.4 Å². The van der Waals surface area contributed by atoms with Crippen LogP contribution in [0.3, 0.4) is 0 Å². The smallest absolute Gasteiger partial charge is 0.206 e. The summed E-state index contributed by atoms with van der Waals surface area (Å²) in [6.07, 6.45) is 2.12. The normalized spacial score (nSPS) is 11.8. The molecule has 0 aromatic heterocycles. The summed E-state index contributed by atoms with van der Waals surface area (Å²) in [5.74, 6) is -16.3. The van der Waals surface area contributed by atoms with Gasteiger partial charge in [0, 0.05) is 0 Å². The van der Waals surface area contributed by atoms with Crippen LogP contribution in [-0.4, -0.2) is 13.2 Å². The summed E-state index contributed by atoms with van der Waals surface area (Å²) < 4.78 is 124. The summed E-state index contributed by atoms with van der Waals surface area (Å²) in [5, 5.41) is 21.9. The number of unbranched alkanes of at least 4 members (excludes halogenated alkanes) is 2. The van der Waals surface area contributed by atoms with E-state index in [1.165, 1.54) is 48.5 Å². The van der Waals surface area contributed by atoms with Crippen molar-refractivity contribution in [3.63, 3.8) is 0 Å². The van der Waals surface area contributed by atoms with Crippen molar-refractivity contribution in [1.29, 1.82) is 0 Å². The molecule has 0 aliphatic rings. The molecule has 0 radical (unpaired) electrons. The quantitative estimate of drug-likeness (QED) is 0.0574. The van der Waals surface area contributed by atoms with Gasteiger partial charge in [0.05, 0.1) is 36.0 Å². The van der Waals surface area contributed by atoms with E-state index >= 15 is 0 Å². The molecule has 4 aromatic carbocycles. The summed E-state index contributed by atoms with van der Waals surface area (Å²) in [4.78, 5) is 0. The monoisotopic (exact) mass is 678 g/mol. The van der Waals surface area contributed by atoms with Gasteiger partial charge in [0.1, 0.15) is 0 Å². The van der Waals surface area contributed by atoms with E-state index in [9.17, 15) is 35.1 Å². The second-order valence-corrected chi connectivity index (χ2v) is 9.90. The van der Waals surface area contributed by atoms with Crippen molar-refractivity contribution in [2.24, 2.45) is 30.7 Å². The first-order valence-electron chi connectivity index (χ1n) is 14.5. The Kier molecular flexibility index (Phi) is 12.2. The Morgan fingerprint density at radius 1 is 0.396 bits per heavy atom. The molecule has 0 heterocycles. The van der Waals surface area contributed by atoms with Crippen molar-refractivity contribution >= 4 is 34.1 Å². The molecule has 8 nitrogen and oxygen atoms in total. The third-order valence-electron chi connectivity index (χ3n) is 6.40. The van der Waals surface area contributed by atoms with Crippen molar-refractivity contribution < 1.29 is 44.6 Å². The topological polar surface area (TPSA) is 92.6 Å². The third kappa shape index (κ3) is 8.35. The van der Waals surface area contributed by atoms with Crippen LogP contribution in [0, 0.1) is 46.5 Å². The molecular formula is C32H26F8N6O2. The van der Waals surface area contributed by atoms with E-state index in [4.69, 9.17) is 9.47 Å². The van der Waals surface area contributed by atoms with Crippen LogP contribution >= 0.6 is 0 Å². The third-order valence-corrected chi connectivity index (χ3v) is 6.40. The highest BCUT2D eigenvalue weighted by Crippen LogP contribution is 2.37. The lowest BCUT2D eigenvalue weighted by Gasteiger charge is -2.10. The van der Waals surface area contributed by atoms with Crippen LogP contribution in [-0.2, 0) is 0 Å². The van der Waals surface area contributed by atoms with E-state index in [0.717, 1.165) is 0 Å². The Labute approximate surface area is 268 Å². The Balaban J connectivity index is 1.41. The largest absolute Gasteiger partial charge is 0.487 e. The van der Waals surface area contributed by atoms with Gasteiger partial charge in [-0.3, -0.25) is 0 Å². The minimum Gasteiger partial charge on any atom is -0.487 e. The molecular weight excluding hydrogens is 652 g/mol. The van der Waals surface area contributed by atoms with Crippen LogP contribution in [0.4, 0.5) is 69.2 Å². The van der Waals surface area contributed by atoms with E-state index in [1.54, 1.807) is 13.8 Å². The molecule has 0 saturated carbocycles. The van der Waals surface area contributed by atoms with Crippen LogP contribution in [0.2, 0.25) is 0 Å². The molecule has 4 rings (SSSR count). The first-order valence-corrected chi connectivity index (χ1v) is 14.5. The molecule has 0 bridgehead atoms. The van der Waals surface area contributed by atoms with Gasteiger partial charge in [0.15, 0.2) is 46.1 Å². The zero-order valence-corrected chi connectivity index (χ0v) is 25.4. The van der Waals surface area contributed by atoms with E-state index in [0.29, 0.717) is 37.1 Å². The van der Waals surface area contributed by atoms with Gasteiger partial charge in [-0.2, -0.15) is 38.0 Å². The van der Waals surface area contributed by atoms with Crippen molar-refractivity contribution in [2.75, 3.05) is 13.2 Å². The van der Waals surface area contributed by atoms with Gasteiger partial charge in [0.2, 0.25) is 23.3 Å². The highest BCUT2D eigenvalue weighted by atomic mass is 19.2. The molecule has 48 heavy (non-hydrogen) atoms. The van der Waals surface area contributed by atoms with Crippen molar-refractivity contribution in [3.8, 4) is 11.5 Å². The van der Waals surface area contributed by atoms with Crippen LogP contribution in [0.15, 0.2) is 79.2 Å². The van der Waals surface area contributed by atoms with E-state index < -0.39 is 69.4 Å². The number of benzene rings is 4. The van der Waals surface area contributed by atoms with Gasteiger partial charge < -0.3 is 9.47 Å². The fourth-order valence-electron chi connectivity index (χ4n) is 3.77. The maximum Gasteiger partial charge on any atom is 0.206 e. The fourth-order valence-corrected chi connectivity index (χ4v) is 3.77. The predicted octanol–water partition coefficient (Wildman–Crippen LogP) is 12.4. The number of rotatable bonds is 14. The van der Waals surface area contributed by atoms with Gasteiger partial charge in [-0.1, -0.05) is 26.7 Å². The lowest BCUT2D eigenvalue weighted by molar-refractivity contribution is 0.267. The van der Waals surface area contributed by atoms with Crippen molar-refractivity contribution in [2.45, 2.75) is 39.5 Å². The average Bonchev–Trinajstić information content (AvgIpc) is 3.09. The van der Waals surface area contributed by atoms with Crippen LogP contribution in [0.25, 0.3) is 0 Å². The van der Waals surface area contributed by atoms with Crippen LogP contribution < -0.4 is 9.47 Å². The van der Waals surface area contributed by atoms with Gasteiger partial charge >= 0.3 is 0 Å². The molecule has 0 saturated heterocycles. The number of halogens is 8. The highest BCUT2D eigenvalue weighted by molar-refractivity contribution is 5.52. The number of azo groups is 3. The molecule has 16 heteroatoms. The van der Waals surface area contributed by atoms with Crippen molar-refractivity contribution in [1.82, 2.24) is 0 Å². The number of hydrogen-bond acceptors (Lipinski definition) is 8. The first kappa shape index (κ1) is 35.6. The Bertz CT molecular complexity index is 1640. The molecule has 4 aromatic rings. The lowest BCUT2D eigenvalue weighted by Crippen LogP contribution is -2.05. The minimum atomic E-state index is -1.76. The average molecular weight is 679 g/mol. The molecule has 252 valence electrons. The minimum absolute atomic E-state index is 0.0675. The molecule has 0 fully saturated rings. The molecule has 0 atom stereocenters. The van der Waals surface area contributed by atoms with E-state index in [-0.39, 0.29) is 24.6 Å². The maximum atomic E-state index is 14.4. The SMILES string of the molecule is CCCCOc1c(F)c(F)c(N=Nc2ccc(N=Nc3ccc(N=Nc4c(F)c(F)c(OCCCC)c(F)c4F)cc3)cc2)c(F)c1F. The lowest BCUT2D eigenvalue weighted by atomic mass is 10.2. The number of nitrogens with zero attached hydrogens (tertiary/aromatic N) is 6.